The summed E-state index contributed by atoms with van der Waals surface area (Å²) in [5.41, 5.74) is -0.297. The fourth-order valence-corrected chi connectivity index (χ4v) is 1.54. The van der Waals surface area contributed by atoms with Crippen LogP contribution in [0.1, 0.15) is 17.3 Å². The maximum atomic E-state index is 11.8. The Labute approximate surface area is 114 Å². The van der Waals surface area contributed by atoms with E-state index in [1.54, 1.807) is 0 Å². The maximum Gasteiger partial charge on any atom is 0.288 e. The second-order valence-corrected chi connectivity index (χ2v) is 4.14. The van der Waals surface area contributed by atoms with Gasteiger partial charge in [0.25, 0.3) is 11.6 Å². The number of hydrogen-bond donors (Lipinski definition) is 2. The highest BCUT2D eigenvalue weighted by molar-refractivity contribution is 6.32. The van der Waals surface area contributed by atoms with Crippen LogP contribution in [0.5, 0.6) is 0 Å². The number of rotatable bonds is 4. The molecule has 1 aromatic rings. The molecule has 2 amide bonds. The minimum absolute atomic E-state index is 0.0547. The average Bonchev–Trinajstić information content (AvgIpc) is 2.37. The van der Waals surface area contributed by atoms with Gasteiger partial charge in [-0.1, -0.05) is 11.6 Å². The number of nitro groups is 1. The third-order valence-electron chi connectivity index (χ3n) is 2.39. The summed E-state index contributed by atoms with van der Waals surface area (Å²) >= 11 is 5.64. The van der Waals surface area contributed by atoms with Crippen LogP contribution in [0.15, 0.2) is 18.2 Å². The fraction of sp³-hybridized carbons (Fsp3) is 0.273. The van der Waals surface area contributed by atoms with Gasteiger partial charge < -0.3 is 10.6 Å². The topological polar surface area (TPSA) is 101 Å². The zero-order valence-corrected chi connectivity index (χ0v) is 11.0. The predicted molar refractivity (Wildman–Crippen MR) is 69.1 cm³/mol. The Morgan fingerprint density at radius 3 is 2.58 bits per heavy atom. The van der Waals surface area contributed by atoms with Gasteiger partial charge in [0.1, 0.15) is 11.1 Å². The van der Waals surface area contributed by atoms with Crippen LogP contribution in [0.4, 0.5) is 5.69 Å². The first kappa shape index (κ1) is 14.9. The van der Waals surface area contributed by atoms with E-state index in [4.69, 9.17) is 11.6 Å². The Kier molecular flexibility index (Phi) is 4.82. The predicted octanol–water partition coefficient (Wildman–Crippen LogP) is 1.11. The highest BCUT2D eigenvalue weighted by Crippen LogP contribution is 2.24. The first-order valence-electron chi connectivity index (χ1n) is 5.33. The highest BCUT2D eigenvalue weighted by atomic mass is 35.5. The summed E-state index contributed by atoms with van der Waals surface area (Å²) in [6.07, 6.45) is 0. The minimum Gasteiger partial charge on any atom is -0.357 e. The number of likely N-dealkylation sites (N-methyl/N-ethyl adjacent to an activating group) is 1. The summed E-state index contributed by atoms with van der Waals surface area (Å²) in [5.74, 6) is -0.951. The zero-order chi connectivity index (χ0) is 14.6. The molecule has 1 aromatic carbocycles. The van der Waals surface area contributed by atoms with Crippen molar-refractivity contribution in [2.24, 2.45) is 0 Å². The molecule has 0 radical (unpaired) electrons. The molecular formula is C11H12ClN3O4. The van der Waals surface area contributed by atoms with Crippen molar-refractivity contribution in [2.45, 2.75) is 13.0 Å². The SMILES string of the molecule is CNC(=O)C(C)NC(=O)c1ccc(Cl)c([N+](=O)[O-])c1. The molecule has 1 atom stereocenters. The number of amides is 2. The van der Waals surface area contributed by atoms with Gasteiger partial charge in [-0.3, -0.25) is 19.7 Å². The van der Waals surface area contributed by atoms with Crippen molar-refractivity contribution >= 4 is 29.1 Å². The minimum atomic E-state index is -0.743. The van der Waals surface area contributed by atoms with E-state index in [1.165, 1.54) is 26.1 Å². The molecule has 7 nitrogen and oxygen atoms in total. The van der Waals surface area contributed by atoms with Gasteiger partial charge in [-0.05, 0) is 19.1 Å². The van der Waals surface area contributed by atoms with E-state index in [0.29, 0.717) is 0 Å². The summed E-state index contributed by atoms with van der Waals surface area (Å²) in [4.78, 5) is 33.1. The molecule has 0 saturated heterocycles. The van der Waals surface area contributed by atoms with Crippen molar-refractivity contribution in [3.63, 3.8) is 0 Å². The lowest BCUT2D eigenvalue weighted by molar-refractivity contribution is -0.384. The van der Waals surface area contributed by atoms with Gasteiger partial charge in [-0.15, -0.1) is 0 Å². The van der Waals surface area contributed by atoms with Crippen LogP contribution in [-0.2, 0) is 4.79 Å². The van der Waals surface area contributed by atoms with Crippen LogP contribution >= 0.6 is 11.6 Å². The molecule has 19 heavy (non-hydrogen) atoms. The van der Waals surface area contributed by atoms with Gasteiger partial charge in [-0.25, -0.2) is 0 Å². The number of carbonyl (C=O) groups excluding carboxylic acids is 2. The molecule has 0 aliphatic rings. The first-order chi connectivity index (χ1) is 8.86. The number of nitrogens with zero attached hydrogens (tertiary/aromatic N) is 1. The van der Waals surface area contributed by atoms with E-state index < -0.39 is 16.9 Å². The van der Waals surface area contributed by atoms with E-state index >= 15 is 0 Å². The molecule has 0 fully saturated rings. The second kappa shape index (κ2) is 6.14. The summed E-state index contributed by atoms with van der Waals surface area (Å²) < 4.78 is 0. The van der Waals surface area contributed by atoms with Crippen LogP contribution in [-0.4, -0.2) is 29.8 Å². The number of nitrogens with one attached hydrogen (secondary N) is 2. The first-order valence-corrected chi connectivity index (χ1v) is 5.71. The van der Waals surface area contributed by atoms with E-state index in [2.05, 4.69) is 10.6 Å². The number of benzene rings is 1. The Morgan fingerprint density at radius 1 is 1.42 bits per heavy atom. The fourth-order valence-electron chi connectivity index (χ4n) is 1.36. The molecule has 0 aliphatic carbocycles. The average molecular weight is 286 g/mol. The lowest BCUT2D eigenvalue weighted by Gasteiger charge is -2.12. The highest BCUT2D eigenvalue weighted by Gasteiger charge is 2.19. The van der Waals surface area contributed by atoms with Gasteiger partial charge in [0.15, 0.2) is 0 Å². The number of halogens is 1. The summed E-state index contributed by atoms with van der Waals surface area (Å²) in [6.45, 7) is 1.50. The van der Waals surface area contributed by atoms with Crippen molar-refractivity contribution in [1.82, 2.24) is 10.6 Å². The van der Waals surface area contributed by atoms with Crippen LogP contribution in [0, 0.1) is 10.1 Å². The Morgan fingerprint density at radius 2 is 2.05 bits per heavy atom. The van der Waals surface area contributed by atoms with E-state index in [-0.39, 0.29) is 22.2 Å². The summed E-state index contributed by atoms with van der Waals surface area (Å²) in [5, 5.41) is 15.4. The number of nitro benzene ring substituents is 1. The normalized spacial score (nSPS) is 11.5. The Bertz CT molecular complexity index is 533. The molecule has 0 aromatic heterocycles. The quantitative estimate of drug-likeness (QED) is 0.639. The Hall–Kier alpha value is -2.15. The summed E-state index contributed by atoms with van der Waals surface area (Å²) in [7, 11) is 1.44. The van der Waals surface area contributed by atoms with Gasteiger partial charge in [0.2, 0.25) is 5.91 Å². The van der Waals surface area contributed by atoms with Crippen molar-refractivity contribution in [1.29, 1.82) is 0 Å². The zero-order valence-electron chi connectivity index (χ0n) is 10.3. The lowest BCUT2D eigenvalue weighted by atomic mass is 10.1. The third kappa shape index (κ3) is 3.65. The van der Waals surface area contributed by atoms with Crippen molar-refractivity contribution in [3.05, 3.63) is 38.9 Å². The van der Waals surface area contributed by atoms with Gasteiger partial charge in [0, 0.05) is 18.7 Å². The van der Waals surface area contributed by atoms with Gasteiger partial charge in [-0.2, -0.15) is 0 Å². The second-order valence-electron chi connectivity index (χ2n) is 3.73. The number of hydrogen-bond acceptors (Lipinski definition) is 4. The van der Waals surface area contributed by atoms with E-state index in [0.717, 1.165) is 6.07 Å². The third-order valence-corrected chi connectivity index (χ3v) is 2.71. The largest absolute Gasteiger partial charge is 0.357 e. The lowest BCUT2D eigenvalue weighted by Crippen LogP contribution is -2.43. The smallest absolute Gasteiger partial charge is 0.288 e. The molecule has 0 bridgehead atoms. The van der Waals surface area contributed by atoms with Crippen molar-refractivity contribution in [2.75, 3.05) is 7.05 Å². The van der Waals surface area contributed by atoms with Gasteiger partial charge >= 0.3 is 0 Å². The van der Waals surface area contributed by atoms with Crippen LogP contribution < -0.4 is 10.6 Å². The monoisotopic (exact) mass is 285 g/mol. The maximum absolute atomic E-state index is 11.8. The van der Waals surface area contributed by atoms with Gasteiger partial charge in [0.05, 0.1) is 4.92 Å². The van der Waals surface area contributed by atoms with Crippen LogP contribution in [0.25, 0.3) is 0 Å². The standard InChI is InChI=1S/C11H12ClN3O4/c1-6(10(16)13-2)14-11(17)7-3-4-8(12)9(5-7)15(18)19/h3-6H,1-2H3,(H,13,16)(H,14,17). The Balaban J connectivity index is 2.92. The molecule has 2 N–H and O–H groups in total. The summed E-state index contributed by atoms with van der Waals surface area (Å²) in [6, 6.07) is 2.93. The molecule has 1 unspecified atom stereocenters. The van der Waals surface area contributed by atoms with E-state index in [1.807, 2.05) is 0 Å². The molecule has 0 saturated carbocycles. The van der Waals surface area contributed by atoms with Crippen LogP contribution in [0.3, 0.4) is 0 Å². The molecule has 102 valence electrons. The molecule has 0 spiro atoms. The van der Waals surface area contributed by atoms with Crippen LogP contribution in [0.2, 0.25) is 5.02 Å². The molecule has 8 heteroatoms. The molecule has 0 heterocycles. The van der Waals surface area contributed by atoms with E-state index in [9.17, 15) is 19.7 Å². The molecular weight excluding hydrogens is 274 g/mol. The van der Waals surface area contributed by atoms with Crippen molar-refractivity contribution in [3.8, 4) is 0 Å². The molecule has 0 aliphatic heterocycles. The number of carbonyl (C=O) groups is 2. The molecule has 1 rings (SSSR count). The van der Waals surface area contributed by atoms with Crippen molar-refractivity contribution < 1.29 is 14.5 Å².